The summed E-state index contributed by atoms with van der Waals surface area (Å²) in [4.78, 5) is 27.1. The lowest BCUT2D eigenvalue weighted by Gasteiger charge is -2.37. The van der Waals surface area contributed by atoms with Crippen molar-refractivity contribution in [3.8, 4) is 11.1 Å². The summed E-state index contributed by atoms with van der Waals surface area (Å²) in [7, 11) is 0. The highest BCUT2D eigenvalue weighted by Crippen LogP contribution is 2.41. The first-order valence-corrected chi connectivity index (χ1v) is 15.2. The summed E-state index contributed by atoms with van der Waals surface area (Å²) in [5.74, 6) is -2.11. The number of benzene rings is 5. The van der Waals surface area contributed by atoms with E-state index in [1.54, 1.807) is 6.92 Å². The van der Waals surface area contributed by atoms with Crippen LogP contribution in [0.25, 0.3) is 11.1 Å². The standard InChI is InChI=1S/C40H38O4/c1-3-43-39(42)38(37(41)28-31-24-26-33(27-25-31)32-16-8-4-9-17-32)30(2)29-44-40(34-18-10-5-11-19-34,35-20-12-6-13-21-35)36-22-14-7-15-23-36/h4-27,30,38H,3,28-29H2,1-2H3. The third kappa shape index (κ3) is 6.88. The van der Waals surface area contributed by atoms with E-state index in [1.807, 2.05) is 104 Å². The topological polar surface area (TPSA) is 52.6 Å². The molecule has 5 aromatic rings. The Kier molecular flexibility index (Phi) is 10.2. The fourth-order valence-electron chi connectivity index (χ4n) is 5.79. The van der Waals surface area contributed by atoms with Gasteiger partial charge in [0.25, 0.3) is 0 Å². The molecule has 2 unspecified atom stereocenters. The lowest BCUT2D eigenvalue weighted by Crippen LogP contribution is -2.39. The molecular weight excluding hydrogens is 544 g/mol. The molecule has 0 radical (unpaired) electrons. The van der Waals surface area contributed by atoms with Gasteiger partial charge in [0.15, 0.2) is 5.78 Å². The third-order valence-corrected chi connectivity index (χ3v) is 8.00. The Morgan fingerprint density at radius 2 is 1.05 bits per heavy atom. The molecular formula is C40H38O4. The van der Waals surface area contributed by atoms with Crippen LogP contribution in [0.5, 0.6) is 0 Å². The number of ether oxygens (including phenoxy) is 2. The van der Waals surface area contributed by atoms with Gasteiger partial charge < -0.3 is 9.47 Å². The fraction of sp³-hybridized carbons (Fsp3) is 0.200. The number of hydrogen-bond acceptors (Lipinski definition) is 4. The number of hydrogen-bond donors (Lipinski definition) is 0. The number of Topliss-reactive ketones (excluding diaryl/α,β-unsaturated/α-hetero) is 1. The molecule has 0 aliphatic rings. The van der Waals surface area contributed by atoms with Crippen molar-refractivity contribution in [3.05, 3.63) is 168 Å². The molecule has 0 bridgehead atoms. The zero-order valence-electron chi connectivity index (χ0n) is 25.3. The van der Waals surface area contributed by atoms with Crippen LogP contribution in [-0.4, -0.2) is 25.0 Å². The smallest absolute Gasteiger partial charge is 0.316 e. The van der Waals surface area contributed by atoms with Gasteiger partial charge >= 0.3 is 5.97 Å². The van der Waals surface area contributed by atoms with Crippen molar-refractivity contribution in [3.63, 3.8) is 0 Å². The van der Waals surface area contributed by atoms with Gasteiger partial charge in [-0.25, -0.2) is 0 Å². The van der Waals surface area contributed by atoms with E-state index in [4.69, 9.17) is 9.47 Å². The molecule has 0 saturated heterocycles. The Morgan fingerprint density at radius 3 is 1.50 bits per heavy atom. The molecule has 5 rings (SSSR count). The maximum absolute atomic E-state index is 13.8. The average molecular weight is 583 g/mol. The highest BCUT2D eigenvalue weighted by molar-refractivity contribution is 6.00. The van der Waals surface area contributed by atoms with Gasteiger partial charge in [0, 0.05) is 6.42 Å². The molecule has 0 aliphatic heterocycles. The van der Waals surface area contributed by atoms with Crippen LogP contribution in [0.3, 0.4) is 0 Å². The molecule has 0 saturated carbocycles. The Hall–Kier alpha value is -4.80. The van der Waals surface area contributed by atoms with E-state index >= 15 is 0 Å². The lowest BCUT2D eigenvalue weighted by atomic mass is 9.79. The van der Waals surface area contributed by atoms with E-state index in [9.17, 15) is 9.59 Å². The van der Waals surface area contributed by atoms with Crippen molar-refractivity contribution < 1.29 is 19.1 Å². The second-order valence-electron chi connectivity index (χ2n) is 11.0. The summed E-state index contributed by atoms with van der Waals surface area (Å²) in [6, 6.07) is 48.3. The second-order valence-corrected chi connectivity index (χ2v) is 11.0. The van der Waals surface area contributed by atoms with Crippen molar-refractivity contribution >= 4 is 11.8 Å². The van der Waals surface area contributed by atoms with Gasteiger partial charge in [-0.05, 0) is 46.2 Å². The van der Waals surface area contributed by atoms with Crippen LogP contribution in [-0.2, 0) is 31.1 Å². The van der Waals surface area contributed by atoms with Crippen LogP contribution in [0.2, 0.25) is 0 Å². The first-order valence-electron chi connectivity index (χ1n) is 15.2. The van der Waals surface area contributed by atoms with E-state index in [0.29, 0.717) is 0 Å². The summed E-state index contributed by atoms with van der Waals surface area (Å²) in [5, 5.41) is 0. The zero-order valence-corrected chi connectivity index (χ0v) is 25.3. The maximum atomic E-state index is 13.8. The molecule has 2 atom stereocenters. The van der Waals surface area contributed by atoms with Crippen molar-refractivity contribution in [2.24, 2.45) is 11.8 Å². The Morgan fingerprint density at radius 1 is 0.614 bits per heavy atom. The summed E-state index contributed by atoms with van der Waals surface area (Å²) in [6.07, 6.45) is 0.129. The van der Waals surface area contributed by atoms with Crippen LogP contribution >= 0.6 is 0 Å². The van der Waals surface area contributed by atoms with Gasteiger partial charge in [0.1, 0.15) is 11.5 Å². The van der Waals surface area contributed by atoms with E-state index in [0.717, 1.165) is 33.4 Å². The first kappa shape index (κ1) is 30.7. The maximum Gasteiger partial charge on any atom is 0.316 e. The quantitative estimate of drug-likeness (QED) is 0.0796. The van der Waals surface area contributed by atoms with Gasteiger partial charge in [-0.15, -0.1) is 0 Å². The lowest BCUT2D eigenvalue weighted by molar-refractivity contribution is -0.155. The molecule has 222 valence electrons. The van der Waals surface area contributed by atoms with Crippen LogP contribution in [0, 0.1) is 11.8 Å². The van der Waals surface area contributed by atoms with Crippen LogP contribution < -0.4 is 0 Å². The van der Waals surface area contributed by atoms with Gasteiger partial charge in [-0.2, -0.15) is 0 Å². The van der Waals surface area contributed by atoms with Gasteiger partial charge in [-0.1, -0.05) is 153 Å². The normalized spacial score (nSPS) is 12.7. The predicted octanol–water partition coefficient (Wildman–Crippen LogP) is 8.29. The monoisotopic (exact) mass is 582 g/mol. The molecule has 0 spiro atoms. The minimum atomic E-state index is -0.969. The third-order valence-electron chi connectivity index (χ3n) is 8.00. The number of rotatable bonds is 13. The molecule has 0 fully saturated rings. The number of carbonyl (C=O) groups excluding carboxylic acids is 2. The van der Waals surface area contributed by atoms with E-state index in [1.165, 1.54) is 0 Å². The van der Waals surface area contributed by atoms with Gasteiger partial charge in [0.05, 0.1) is 13.2 Å². The summed E-state index contributed by atoms with van der Waals surface area (Å²) >= 11 is 0. The van der Waals surface area contributed by atoms with Crippen molar-refractivity contribution in [1.29, 1.82) is 0 Å². The van der Waals surface area contributed by atoms with Crippen molar-refractivity contribution in [2.45, 2.75) is 25.9 Å². The van der Waals surface area contributed by atoms with Gasteiger partial charge in [-0.3, -0.25) is 9.59 Å². The SMILES string of the molecule is CCOC(=O)C(C(=O)Cc1ccc(-c2ccccc2)cc1)C(C)COC(c1ccccc1)(c1ccccc1)c1ccccc1. The van der Waals surface area contributed by atoms with Gasteiger partial charge in [0.2, 0.25) is 0 Å². The Balaban J connectivity index is 1.43. The Labute approximate surface area is 260 Å². The molecule has 0 N–H and O–H groups in total. The van der Waals surface area contributed by atoms with Crippen LogP contribution in [0.4, 0.5) is 0 Å². The summed E-state index contributed by atoms with van der Waals surface area (Å²) < 4.78 is 12.4. The van der Waals surface area contributed by atoms with E-state index < -0.39 is 23.4 Å². The Bertz CT molecular complexity index is 1520. The predicted molar refractivity (Wildman–Crippen MR) is 175 cm³/mol. The minimum absolute atomic E-state index is 0.129. The molecule has 0 aliphatic carbocycles. The molecule has 5 aromatic carbocycles. The molecule has 4 heteroatoms. The van der Waals surface area contributed by atoms with Crippen molar-refractivity contribution in [2.75, 3.05) is 13.2 Å². The van der Waals surface area contributed by atoms with Crippen LogP contribution in [0.15, 0.2) is 146 Å². The number of esters is 1. The van der Waals surface area contributed by atoms with Crippen molar-refractivity contribution in [1.82, 2.24) is 0 Å². The molecule has 44 heavy (non-hydrogen) atoms. The van der Waals surface area contributed by atoms with E-state index in [-0.39, 0.29) is 25.4 Å². The largest absolute Gasteiger partial charge is 0.465 e. The number of carbonyl (C=O) groups is 2. The first-order chi connectivity index (χ1) is 21.5. The molecule has 0 amide bonds. The molecule has 0 aromatic heterocycles. The minimum Gasteiger partial charge on any atom is -0.465 e. The molecule has 4 nitrogen and oxygen atoms in total. The second kappa shape index (κ2) is 14.6. The zero-order chi connectivity index (χ0) is 30.8. The highest BCUT2D eigenvalue weighted by atomic mass is 16.5. The summed E-state index contributed by atoms with van der Waals surface area (Å²) in [6.45, 7) is 4.00. The van der Waals surface area contributed by atoms with Crippen LogP contribution in [0.1, 0.15) is 36.1 Å². The average Bonchev–Trinajstić information content (AvgIpc) is 3.07. The summed E-state index contributed by atoms with van der Waals surface area (Å²) in [5.41, 5.74) is 4.97. The highest BCUT2D eigenvalue weighted by Gasteiger charge is 2.40. The fourth-order valence-corrected chi connectivity index (χ4v) is 5.79. The van der Waals surface area contributed by atoms with E-state index in [2.05, 4.69) is 48.5 Å². The number of ketones is 1. The molecule has 0 heterocycles.